The van der Waals surface area contributed by atoms with Crippen LogP contribution in [0.15, 0.2) is 89.1 Å². The molecule has 4 rings (SSSR count). The Morgan fingerprint density at radius 3 is 2.64 bits per heavy atom. The second-order valence-corrected chi connectivity index (χ2v) is 8.86. The van der Waals surface area contributed by atoms with Crippen molar-refractivity contribution in [3.05, 3.63) is 101 Å². The topological polar surface area (TPSA) is 119 Å². The van der Waals surface area contributed by atoms with Crippen LogP contribution in [-0.4, -0.2) is 32.7 Å². The molecule has 0 aliphatic carbocycles. The lowest BCUT2D eigenvalue weighted by Gasteiger charge is -2.10. The summed E-state index contributed by atoms with van der Waals surface area (Å²) in [5, 5.41) is 16.1. The first-order valence-electron chi connectivity index (χ1n) is 11.0. The van der Waals surface area contributed by atoms with Crippen molar-refractivity contribution in [3.8, 4) is 5.75 Å². The number of benzene rings is 3. The lowest BCUT2D eigenvalue weighted by molar-refractivity contribution is -0.118. The van der Waals surface area contributed by atoms with Crippen LogP contribution in [-0.2, 0) is 17.9 Å². The molecule has 0 radical (unpaired) electrons. The summed E-state index contributed by atoms with van der Waals surface area (Å²) >= 11 is 7.39. The summed E-state index contributed by atoms with van der Waals surface area (Å²) < 4.78 is 7.18. The SMILES string of the molecule is Nn1c(N/N=C/c2ccccc2OCc2ccccc2Cl)nnc1SCC(=O)NCc1ccccc1. The highest BCUT2D eigenvalue weighted by atomic mass is 35.5. The van der Waals surface area contributed by atoms with Gasteiger partial charge < -0.3 is 15.9 Å². The van der Waals surface area contributed by atoms with Crippen molar-refractivity contribution < 1.29 is 9.53 Å². The lowest BCUT2D eigenvalue weighted by atomic mass is 10.2. The lowest BCUT2D eigenvalue weighted by Crippen LogP contribution is -2.25. The van der Waals surface area contributed by atoms with E-state index >= 15 is 0 Å². The van der Waals surface area contributed by atoms with Crippen LogP contribution in [0.1, 0.15) is 16.7 Å². The zero-order valence-electron chi connectivity index (χ0n) is 19.2. The van der Waals surface area contributed by atoms with Gasteiger partial charge in [0.25, 0.3) is 5.95 Å². The van der Waals surface area contributed by atoms with Crippen LogP contribution in [0.25, 0.3) is 0 Å². The zero-order chi connectivity index (χ0) is 25.2. The van der Waals surface area contributed by atoms with E-state index in [1.54, 1.807) is 6.21 Å². The minimum atomic E-state index is -0.132. The smallest absolute Gasteiger partial charge is 0.264 e. The number of para-hydroxylation sites is 1. The fourth-order valence-corrected chi connectivity index (χ4v) is 3.96. The number of amides is 1. The third-order valence-electron chi connectivity index (χ3n) is 4.96. The van der Waals surface area contributed by atoms with Gasteiger partial charge in [0.15, 0.2) is 0 Å². The second kappa shape index (κ2) is 12.6. The van der Waals surface area contributed by atoms with Gasteiger partial charge in [-0.25, -0.2) is 10.1 Å². The third-order valence-corrected chi connectivity index (χ3v) is 6.27. The number of hydrazone groups is 1. The molecule has 9 nitrogen and oxygen atoms in total. The van der Waals surface area contributed by atoms with E-state index in [9.17, 15) is 4.79 Å². The van der Waals surface area contributed by atoms with E-state index in [1.165, 1.54) is 16.4 Å². The molecule has 0 saturated heterocycles. The molecule has 3 aromatic carbocycles. The van der Waals surface area contributed by atoms with Crippen molar-refractivity contribution >= 4 is 41.4 Å². The zero-order valence-corrected chi connectivity index (χ0v) is 20.7. The number of hydrogen-bond donors (Lipinski definition) is 3. The maximum Gasteiger partial charge on any atom is 0.264 e. The molecule has 0 atom stereocenters. The van der Waals surface area contributed by atoms with E-state index in [2.05, 4.69) is 26.0 Å². The maximum atomic E-state index is 12.1. The monoisotopic (exact) mass is 521 g/mol. The Hall–Kier alpha value is -4.02. The average molecular weight is 522 g/mol. The predicted octanol–water partition coefficient (Wildman–Crippen LogP) is 4.08. The van der Waals surface area contributed by atoms with Crippen LogP contribution in [0.4, 0.5) is 5.95 Å². The van der Waals surface area contributed by atoms with Crippen LogP contribution in [0.2, 0.25) is 5.02 Å². The molecule has 1 heterocycles. The van der Waals surface area contributed by atoms with Gasteiger partial charge in [-0.3, -0.25) is 4.79 Å². The Labute approximate surface area is 217 Å². The summed E-state index contributed by atoms with van der Waals surface area (Å²) in [5.41, 5.74) is 5.44. The summed E-state index contributed by atoms with van der Waals surface area (Å²) in [4.78, 5) is 12.1. The second-order valence-electron chi connectivity index (χ2n) is 7.52. The van der Waals surface area contributed by atoms with Gasteiger partial charge >= 0.3 is 0 Å². The molecule has 0 bridgehead atoms. The normalized spacial score (nSPS) is 10.9. The molecule has 0 unspecified atom stereocenters. The minimum Gasteiger partial charge on any atom is -0.488 e. The van der Waals surface area contributed by atoms with Crippen LogP contribution in [0.3, 0.4) is 0 Å². The number of rotatable bonds is 11. The Morgan fingerprint density at radius 2 is 1.81 bits per heavy atom. The number of ether oxygens (including phenoxy) is 1. The molecule has 11 heteroatoms. The molecule has 184 valence electrons. The van der Waals surface area contributed by atoms with Crippen LogP contribution >= 0.6 is 23.4 Å². The van der Waals surface area contributed by atoms with E-state index in [0.717, 1.165) is 16.7 Å². The van der Waals surface area contributed by atoms with E-state index < -0.39 is 0 Å². The number of carbonyl (C=O) groups is 1. The number of aromatic nitrogens is 3. The molecular weight excluding hydrogens is 498 g/mol. The van der Waals surface area contributed by atoms with Gasteiger partial charge in [-0.2, -0.15) is 5.10 Å². The minimum absolute atomic E-state index is 0.132. The van der Waals surface area contributed by atoms with E-state index in [-0.39, 0.29) is 17.6 Å². The Bertz CT molecular complexity index is 1330. The maximum absolute atomic E-state index is 12.1. The fraction of sp³-hybridized carbons (Fsp3) is 0.120. The standard InChI is InChI=1S/C25H24ClN7O2S/c26-21-12-6-4-11-20(21)16-35-22-13-7-5-10-19(22)15-29-30-24-31-32-25(33(24)27)36-17-23(34)28-14-18-8-2-1-3-9-18/h1-13,15H,14,16-17,27H2,(H,28,34)(H,30,31)/b29-15+. The highest BCUT2D eigenvalue weighted by Crippen LogP contribution is 2.21. The third kappa shape index (κ3) is 7.00. The number of thioether (sulfide) groups is 1. The van der Waals surface area contributed by atoms with Crippen LogP contribution in [0, 0.1) is 0 Å². The Kier molecular flexibility index (Phi) is 8.79. The van der Waals surface area contributed by atoms with Gasteiger partial charge in [0.2, 0.25) is 11.1 Å². The van der Waals surface area contributed by atoms with E-state index in [0.29, 0.717) is 29.1 Å². The van der Waals surface area contributed by atoms with Crippen molar-refractivity contribution in [2.24, 2.45) is 5.10 Å². The van der Waals surface area contributed by atoms with E-state index in [4.69, 9.17) is 22.2 Å². The molecule has 0 aliphatic rings. The first-order chi connectivity index (χ1) is 17.6. The number of anilines is 1. The van der Waals surface area contributed by atoms with Gasteiger partial charge in [0.05, 0.1) is 12.0 Å². The van der Waals surface area contributed by atoms with Crippen molar-refractivity contribution in [1.29, 1.82) is 0 Å². The van der Waals surface area contributed by atoms with Crippen molar-refractivity contribution in [2.75, 3.05) is 17.0 Å². The number of halogens is 1. The first kappa shape index (κ1) is 25.1. The number of nitrogen functional groups attached to an aromatic ring is 1. The molecule has 0 spiro atoms. The van der Waals surface area contributed by atoms with E-state index in [1.807, 2.05) is 78.9 Å². The summed E-state index contributed by atoms with van der Waals surface area (Å²) in [6.07, 6.45) is 1.60. The van der Waals surface area contributed by atoms with Gasteiger partial charge in [0, 0.05) is 22.7 Å². The first-order valence-corrected chi connectivity index (χ1v) is 12.3. The van der Waals surface area contributed by atoms with Crippen molar-refractivity contribution in [1.82, 2.24) is 20.2 Å². The van der Waals surface area contributed by atoms with Crippen molar-refractivity contribution in [3.63, 3.8) is 0 Å². The quantitative estimate of drug-likeness (QED) is 0.118. The molecule has 0 fully saturated rings. The molecule has 1 aromatic heterocycles. The number of carbonyl (C=O) groups excluding carboxylic acids is 1. The highest BCUT2D eigenvalue weighted by Gasteiger charge is 2.12. The summed E-state index contributed by atoms with van der Waals surface area (Å²) in [6, 6.07) is 24.7. The average Bonchev–Trinajstić information content (AvgIpc) is 3.26. The molecule has 1 amide bonds. The summed E-state index contributed by atoms with van der Waals surface area (Å²) in [6.45, 7) is 0.787. The molecular formula is C25H24ClN7O2S. The molecule has 4 N–H and O–H groups in total. The van der Waals surface area contributed by atoms with Crippen molar-refractivity contribution in [2.45, 2.75) is 18.3 Å². The number of hydrogen-bond acceptors (Lipinski definition) is 8. The van der Waals surface area contributed by atoms with Gasteiger partial charge in [-0.05, 0) is 23.8 Å². The van der Waals surface area contributed by atoms with Crippen LogP contribution in [0.5, 0.6) is 5.75 Å². The molecule has 0 saturated carbocycles. The number of nitrogens with two attached hydrogens (primary N) is 1. The fourth-order valence-electron chi connectivity index (χ4n) is 3.08. The van der Waals surface area contributed by atoms with Gasteiger partial charge in [0.1, 0.15) is 12.4 Å². The predicted molar refractivity (Wildman–Crippen MR) is 143 cm³/mol. The molecule has 36 heavy (non-hydrogen) atoms. The molecule has 0 aliphatic heterocycles. The van der Waals surface area contributed by atoms with Gasteiger partial charge in [-0.15, -0.1) is 10.2 Å². The van der Waals surface area contributed by atoms with Crippen LogP contribution < -0.4 is 21.3 Å². The summed E-state index contributed by atoms with van der Waals surface area (Å²) in [7, 11) is 0. The number of nitrogens with one attached hydrogen (secondary N) is 2. The largest absolute Gasteiger partial charge is 0.488 e. The highest BCUT2D eigenvalue weighted by molar-refractivity contribution is 7.99. The van der Waals surface area contributed by atoms with Gasteiger partial charge in [-0.1, -0.05) is 84.0 Å². The number of nitrogens with zero attached hydrogens (tertiary/aromatic N) is 4. The Morgan fingerprint density at radius 1 is 1.06 bits per heavy atom. The molecule has 4 aromatic rings. The summed E-state index contributed by atoms with van der Waals surface area (Å²) in [5.74, 6) is 6.96. The Balaban J connectivity index is 1.29.